The second kappa shape index (κ2) is 9.00. The van der Waals surface area contributed by atoms with E-state index in [0.29, 0.717) is 11.5 Å². The van der Waals surface area contributed by atoms with Crippen LogP contribution in [0, 0.1) is 0 Å². The number of ether oxygens (including phenoxy) is 1. The Morgan fingerprint density at radius 3 is 2.07 bits per heavy atom. The van der Waals surface area contributed by atoms with Crippen molar-refractivity contribution in [3.8, 4) is 16.9 Å². The maximum atomic E-state index is 10.9. The maximum Gasteiger partial charge on any atom is 0.138 e. The van der Waals surface area contributed by atoms with Gasteiger partial charge in [-0.25, -0.2) is 0 Å². The monoisotopic (exact) mass is 379 g/mol. The van der Waals surface area contributed by atoms with Crippen LogP contribution in [-0.2, 0) is 0 Å². The van der Waals surface area contributed by atoms with Gasteiger partial charge in [-0.2, -0.15) is 0 Å². The minimum Gasteiger partial charge on any atom is -0.459 e. The van der Waals surface area contributed by atoms with Gasteiger partial charge in [0, 0.05) is 12.4 Å². The second-order valence-corrected chi connectivity index (χ2v) is 6.64. The van der Waals surface area contributed by atoms with E-state index in [9.17, 15) is 5.11 Å². The summed E-state index contributed by atoms with van der Waals surface area (Å²) in [5.74, 6) is 1.10. The molecule has 3 aromatic carbocycles. The molecule has 0 saturated heterocycles. The molecule has 0 amide bonds. The molecule has 0 radical (unpaired) electrons. The third-order valence-electron chi connectivity index (χ3n) is 4.58. The largest absolute Gasteiger partial charge is 0.459 e. The van der Waals surface area contributed by atoms with E-state index in [2.05, 4.69) is 17.1 Å². The molecule has 4 aromatic rings. The average Bonchev–Trinajstić information content (AvgIpc) is 2.80. The lowest BCUT2D eigenvalue weighted by Gasteiger charge is -2.17. The highest BCUT2D eigenvalue weighted by Gasteiger charge is 2.16. The Labute approximate surface area is 170 Å². The second-order valence-electron chi connectivity index (χ2n) is 6.64. The Balaban J connectivity index is 1.62. The fraction of sp³-hybridized carbons (Fsp3) is 0.0385. The van der Waals surface area contributed by atoms with E-state index in [4.69, 9.17) is 4.74 Å². The molecule has 3 heteroatoms. The number of aromatic nitrogens is 1. The highest BCUT2D eigenvalue weighted by atomic mass is 16.5. The van der Waals surface area contributed by atoms with Gasteiger partial charge in [0.1, 0.15) is 17.6 Å². The fourth-order valence-corrected chi connectivity index (χ4v) is 3.07. The molecule has 0 aliphatic rings. The van der Waals surface area contributed by atoms with Crippen molar-refractivity contribution in [1.82, 2.24) is 4.98 Å². The molecule has 0 fully saturated rings. The smallest absolute Gasteiger partial charge is 0.138 e. The molecule has 0 bridgehead atoms. The lowest BCUT2D eigenvalue weighted by Crippen LogP contribution is -2.08. The van der Waals surface area contributed by atoms with Crippen LogP contribution in [0.3, 0.4) is 0 Å². The Kier molecular flexibility index (Phi) is 5.79. The SMILES string of the molecule is OC(C(=Cc1cccnc1)Oc1ccc(-c2ccccc2)cc1)c1ccccc1. The number of hydrogen-bond acceptors (Lipinski definition) is 3. The molecule has 142 valence electrons. The summed E-state index contributed by atoms with van der Waals surface area (Å²) in [6, 6.07) is 31.3. The first-order valence-electron chi connectivity index (χ1n) is 9.47. The van der Waals surface area contributed by atoms with Crippen molar-refractivity contribution < 1.29 is 9.84 Å². The van der Waals surface area contributed by atoms with E-state index in [0.717, 1.165) is 22.3 Å². The van der Waals surface area contributed by atoms with Gasteiger partial charge in [-0.05, 0) is 46.5 Å². The first kappa shape index (κ1) is 18.7. The molecule has 0 spiro atoms. The zero-order valence-electron chi connectivity index (χ0n) is 15.8. The summed E-state index contributed by atoms with van der Waals surface area (Å²) < 4.78 is 6.11. The Morgan fingerprint density at radius 1 is 0.759 bits per heavy atom. The average molecular weight is 379 g/mol. The van der Waals surface area contributed by atoms with Crippen LogP contribution in [0.25, 0.3) is 17.2 Å². The number of hydrogen-bond donors (Lipinski definition) is 1. The van der Waals surface area contributed by atoms with Crippen LogP contribution in [-0.4, -0.2) is 10.1 Å². The summed E-state index contributed by atoms with van der Waals surface area (Å²) in [6.45, 7) is 0. The summed E-state index contributed by atoms with van der Waals surface area (Å²) >= 11 is 0. The van der Waals surface area contributed by atoms with Gasteiger partial charge in [-0.15, -0.1) is 0 Å². The van der Waals surface area contributed by atoms with Crippen LogP contribution < -0.4 is 4.74 Å². The molecular weight excluding hydrogens is 358 g/mol. The quantitative estimate of drug-likeness (QED) is 0.424. The summed E-state index contributed by atoms with van der Waals surface area (Å²) in [5.41, 5.74) is 3.88. The van der Waals surface area contributed by atoms with Gasteiger partial charge >= 0.3 is 0 Å². The van der Waals surface area contributed by atoms with Crippen molar-refractivity contribution >= 4 is 6.08 Å². The van der Waals surface area contributed by atoms with Crippen molar-refractivity contribution in [1.29, 1.82) is 0 Å². The van der Waals surface area contributed by atoms with Gasteiger partial charge in [-0.3, -0.25) is 4.98 Å². The first-order valence-corrected chi connectivity index (χ1v) is 9.47. The van der Waals surface area contributed by atoms with Crippen molar-refractivity contribution in [2.24, 2.45) is 0 Å². The Bertz CT molecular complexity index is 1060. The van der Waals surface area contributed by atoms with Gasteiger partial charge < -0.3 is 9.84 Å². The van der Waals surface area contributed by atoms with Gasteiger partial charge in [0.25, 0.3) is 0 Å². The highest BCUT2D eigenvalue weighted by molar-refractivity contribution is 5.64. The maximum absolute atomic E-state index is 10.9. The van der Waals surface area contributed by atoms with E-state index in [1.165, 1.54) is 0 Å². The molecule has 0 aliphatic heterocycles. The highest BCUT2D eigenvalue weighted by Crippen LogP contribution is 2.28. The van der Waals surface area contributed by atoms with E-state index in [1.807, 2.05) is 91.0 Å². The molecule has 0 aliphatic carbocycles. The van der Waals surface area contributed by atoms with Crippen molar-refractivity contribution in [3.05, 3.63) is 126 Å². The van der Waals surface area contributed by atoms with Gasteiger partial charge in [0.2, 0.25) is 0 Å². The molecule has 0 saturated carbocycles. The summed E-state index contributed by atoms with van der Waals surface area (Å²) in [7, 11) is 0. The zero-order chi connectivity index (χ0) is 19.9. The lowest BCUT2D eigenvalue weighted by molar-refractivity contribution is 0.165. The molecule has 1 atom stereocenters. The van der Waals surface area contributed by atoms with Crippen LogP contribution in [0.15, 0.2) is 115 Å². The van der Waals surface area contributed by atoms with Crippen molar-refractivity contribution in [2.75, 3.05) is 0 Å². The van der Waals surface area contributed by atoms with Gasteiger partial charge in [-0.1, -0.05) is 78.9 Å². The fourth-order valence-electron chi connectivity index (χ4n) is 3.07. The predicted molar refractivity (Wildman–Crippen MR) is 116 cm³/mol. The van der Waals surface area contributed by atoms with Crippen LogP contribution in [0.1, 0.15) is 17.2 Å². The summed E-state index contributed by atoms with van der Waals surface area (Å²) in [5, 5.41) is 10.9. The van der Waals surface area contributed by atoms with E-state index < -0.39 is 6.10 Å². The molecule has 1 heterocycles. The van der Waals surface area contributed by atoms with Crippen LogP contribution >= 0.6 is 0 Å². The minimum absolute atomic E-state index is 0.441. The van der Waals surface area contributed by atoms with E-state index in [-0.39, 0.29) is 0 Å². The van der Waals surface area contributed by atoms with E-state index in [1.54, 1.807) is 12.4 Å². The van der Waals surface area contributed by atoms with Crippen LogP contribution in [0.2, 0.25) is 0 Å². The van der Waals surface area contributed by atoms with Gasteiger partial charge in [0.15, 0.2) is 0 Å². The third kappa shape index (κ3) is 4.78. The normalized spacial score (nSPS) is 12.4. The topological polar surface area (TPSA) is 42.4 Å². The molecule has 4 rings (SSSR count). The van der Waals surface area contributed by atoms with Crippen LogP contribution in [0.4, 0.5) is 0 Å². The molecule has 1 unspecified atom stereocenters. The predicted octanol–water partition coefficient (Wildman–Crippen LogP) is 5.90. The van der Waals surface area contributed by atoms with E-state index >= 15 is 0 Å². The molecule has 3 nitrogen and oxygen atoms in total. The Morgan fingerprint density at radius 2 is 1.41 bits per heavy atom. The number of aliphatic hydroxyl groups excluding tert-OH is 1. The summed E-state index contributed by atoms with van der Waals surface area (Å²) in [4.78, 5) is 4.14. The zero-order valence-corrected chi connectivity index (χ0v) is 15.8. The number of pyridine rings is 1. The lowest BCUT2D eigenvalue weighted by atomic mass is 10.1. The number of aliphatic hydroxyl groups is 1. The number of benzene rings is 3. The third-order valence-corrected chi connectivity index (χ3v) is 4.58. The standard InChI is InChI=1S/C26H21NO2/c28-26(23-11-5-2-6-12-23)25(18-20-8-7-17-27-19-20)29-24-15-13-22(14-16-24)21-9-3-1-4-10-21/h1-19,26,28H. The molecule has 1 aromatic heterocycles. The van der Waals surface area contributed by atoms with Crippen molar-refractivity contribution in [2.45, 2.75) is 6.10 Å². The van der Waals surface area contributed by atoms with Crippen molar-refractivity contribution in [3.63, 3.8) is 0 Å². The molecule has 1 N–H and O–H groups in total. The molecule has 29 heavy (non-hydrogen) atoms. The summed E-state index contributed by atoms with van der Waals surface area (Å²) in [6.07, 6.45) is 4.38. The Hall–Kier alpha value is -3.69. The van der Waals surface area contributed by atoms with Gasteiger partial charge in [0.05, 0.1) is 0 Å². The molecular formula is C26H21NO2. The number of nitrogens with zero attached hydrogens (tertiary/aromatic N) is 1. The number of rotatable bonds is 6. The first-order chi connectivity index (χ1) is 14.3. The van der Waals surface area contributed by atoms with Crippen LogP contribution in [0.5, 0.6) is 5.75 Å². The minimum atomic E-state index is -0.884.